The molecule has 2 N–H and O–H groups in total. The molecule has 94 valence electrons. The predicted octanol–water partition coefficient (Wildman–Crippen LogP) is 0.384. The van der Waals surface area contributed by atoms with E-state index in [2.05, 4.69) is 15.4 Å². The van der Waals surface area contributed by atoms with Gasteiger partial charge < -0.3 is 15.4 Å². The fraction of sp³-hybridized carbons (Fsp3) is 0.900. The number of rotatable bonds is 7. The summed E-state index contributed by atoms with van der Waals surface area (Å²) < 4.78 is 28.0. The van der Waals surface area contributed by atoms with Crippen molar-refractivity contribution in [2.24, 2.45) is 5.92 Å². The summed E-state index contributed by atoms with van der Waals surface area (Å²) >= 11 is 0. The molecule has 16 heavy (non-hydrogen) atoms. The second-order valence-corrected chi connectivity index (χ2v) is 3.88. The van der Waals surface area contributed by atoms with Gasteiger partial charge in [0.1, 0.15) is 6.61 Å². The second-order valence-electron chi connectivity index (χ2n) is 3.88. The SMILES string of the molecule is O=C(CC1CCNC1)NCCOCC(F)F. The van der Waals surface area contributed by atoms with E-state index in [0.29, 0.717) is 18.9 Å². The molecule has 1 unspecified atom stereocenters. The van der Waals surface area contributed by atoms with Gasteiger partial charge in [-0.15, -0.1) is 0 Å². The maximum atomic E-state index is 11.7. The Bertz CT molecular complexity index is 209. The number of carbonyl (C=O) groups is 1. The van der Waals surface area contributed by atoms with Crippen molar-refractivity contribution in [1.82, 2.24) is 10.6 Å². The van der Waals surface area contributed by atoms with Crippen LogP contribution in [0.2, 0.25) is 0 Å². The molecule has 1 amide bonds. The average Bonchev–Trinajstić information content (AvgIpc) is 2.69. The van der Waals surface area contributed by atoms with E-state index in [1.165, 1.54) is 0 Å². The van der Waals surface area contributed by atoms with Crippen LogP contribution in [0, 0.1) is 5.92 Å². The summed E-state index contributed by atoms with van der Waals surface area (Å²) in [7, 11) is 0. The lowest BCUT2D eigenvalue weighted by Crippen LogP contribution is -2.29. The standard InChI is InChI=1S/C10H18F2N2O2/c11-9(12)7-16-4-3-14-10(15)5-8-1-2-13-6-8/h8-9,13H,1-7H2,(H,14,15). The summed E-state index contributed by atoms with van der Waals surface area (Å²) in [6, 6.07) is 0. The third kappa shape index (κ3) is 5.97. The lowest BCUT2D eigenvalue weighted by molar-refractivity contribution is -0.122. The second kappa shape index (κ2) is 7.51. The normalized spacial score (nSPS) is 20.3. The Morgan fingerprint density at radius 2 is 2.38 bits per heavy atom. The smallest absolute Gasteiger partial charge is 0.261 e. The molecule has 0 radical (unpaired) electrons. The van der Waals surface area contributed by atoms with E-state index < -0.39 is 13.0 Å². The molecule has 1 aliphatic heterocycles. The molecule has 0 saturated carbocycles. The first-order valence-corrected chi connectivity index (χ1v) is 5.52. The Kier molecular flexibility index (Phi) is 6.25. The van der Waals surface area contributed by atoms with E-state index >= 15 is 0 Å². The van der Waals surface area contributed by atoms with Gasteiger partial charge >= 0.3 is 0 Å². The summed E-state index contributed by atoms with van der Waals surface area (Å²) in [5.74, 6) is 0.372. The molecule has 0 aromatic carbocycles. The molecule has 4 nitrogen and oxygen atoms in total. The highest BCUT2D eigenvalue weighted by molar-refractivity contribution is 5.76. The maximum absolute atomic E-state index is 11.7. The van der Waals surface area contributed by atoms with Gasteiger partial charge in [-0.2, -0.15) is 0 Å². The molecule has 1 rings (SSSR count). The molecule has 0 spiro atoms. The van der Waals surface area contributed by atoms with Gasteiger partial charge in [0.2, 0.25) is 5.91 Å². The zero-order valence-electron chi connectivity index (χ0n) is 9.18. The molecule has 1 fully saturated rings. The Morgan fingerprint density at radius 1 is 1.56 bits per heavy atom. The third-order valence-corrected chi connectivity index (χ3v) is 2.45. The maximum Gasteiger partial charge on any atom is 0.261 e. The van der Waals surface area contributed by atoms with Crippen LogP contribution in [-0.2, 0) is 9.53 Å². The number of hydrogen-bond acceptors (Lipinski definition) is 3. The summed E-state index contributed by atoms with van der Waals surface area (Å²) in [4.78, 5) is 11.4. The molecule has 0 aromatic heterocycles. The fourth-order valence-electron chi connectivity index (χ4n) is 1.66. The molecular formula is C10H18F2N2O2. The monoisotopic (exact) mass is 236 g/mol. The highest BCUT2D eigenvalue weighted by Gasteiger charge is 2.17. The summed E-state index contributed by atoms with van der Waals surface area (Å²) in [5, 5.41) is 5.83. The number of hydrogen-bond donors (Lipinski definition) is 2. The van der Waals surface area contributed by atoms with Crippen molar-refractivity contribution < 1.29 is 18.3 Å². The molecule has 1 saturated heterocycles. The van der Waals surface area contributed by atoms with Crippen molar-refractivity contribution in [2.75, 3.05) is 32.8 Å². The molecule has 6 heteroatoms. The van der Waals surface area contributed by atoms with E-state index in [-0.39, 0.29) is 12.5 Å². The highest BCUT2D eigenvalue weighted by atomic mass is 19.3. The van der Waals surface area contributed by atoms with Gasteiger partial charge in [0.05, 0.1) is 6.61 Å². The lowest BCUT2D eigenvalue weighted by Gasteiger charge is -2.09. The van der Waals surface area contributed by atoms with E-state index in [0.717, 1.165) is 19.5 Å². The Morgan fingerprint density at radius 3 is 3.00 bits per heavy atom. The van der Waals surface area contributed by atoms with Crippen molar-refractivity contribution in [3.63, 3.8) is 0 Å². The molecule has 0 aliphatic carbocycles. The van der Waals surface area contributed by atoms with Crippen molar-refractivity contribution in [1.29, 1.82) is 0 Å². The number of carbonyl (C=O) groups excluding carboxylic acids is 1. The zero-order valence-corrected chi connectivity index (χ0v) is 9.18. The quantitative estimate of drug-likeness (QED) is 0.628. The minimum atomic E-state index is -2.44. The number of ether oxygens (including phenoxy) is 1. The Hall–Kier alpha value is -0.750. The number of halogens is 2. The van der Waals surface area contributed by atoms with Gasteiger partial charge in [-0.1, -0.05) is 0 Å². The minimum Gasteiger partial charge on any atom is -0.374 e. The average molecular weight is 236 g/mol. The van der Waals surface area contributed by atoms with Crippen molar-refractivity contribution in [2.45, 2.75) is 19.3 Å². The van der Waals surface area contributed by atoms with Gasteiger partial charge in [-0.05, 0) is 25.4 Å². The Labute approximate surface area is 93.7 Å². The largest absolute Gasteiger partial charge is 0.374 e. The van der Waals surface area contributed by atoms with E-state index in [1.54, 1.807) is 0 Å². The van der Waals surface area contributed by atoms with Crippen LogP contribution < -0.4 is 10.6 Å². The molecule has 1 aliphatic rings. The van der Waals surface area contributed by atoms with Gasteiger partial charge in [0.25, 0.3) is 6.43 Å². The van der Waals surface area contributed by atoms with Gasteiger partial charge in [0.15, 0.2) is 0 Å². The summed E-state index contributed by atoms with van der Waals surface area (Å²) in [6.07, 6.45) is -0.919. The third-order valence-electron chi connectivity index (χ3n) is 2.45. The highest BCUT2D eigenvalue weighted by Crippen LogP contribution is 2.11. The predicted molar refractivity (Wildman–Crippen MR) is 55.4 cm³/mol. The molecular weight excluding hydrogens is 218 g/mol. The van der Waals surface area contributed by atoms with E-state index in [9.17, 15) is 13.6 Å². The summed E-state index contributed by atoms with van der Waals surface area (Å²) in [6.45, 7) is 1.72. The first-order valence-electron chi connectivity index (χ1n) is 5.52. The van der Waals surface area contributed by atoms with Gasteiger partial charge in [0, 0.05) is 13.0 Å². The fourth-order valence-corrected chi connectivity index (χ4v) is 1.66. The zero-order chi connectivity index (χ0) is 11.8. The van der Waals surface area contributed by atoms with Crippen LogP contribution in [0.5, 0.6) is 0 Å². The van der Waals surface area contributed by atoms with E-state index in [1.807, 2.05) is 0 Å². The first-order chi connectivity index (χ1) is 7.68. The first kappa shape index (κ1) is 13.3. The van der Waals surface area contributed by atoms with Crippen LogP contribution in [0.15, 0.2) is 0 Å². The van der Waals surface area contributed by atoms with E-state index in [4.69, 9.17) is 0 Å². The molecule has 0 aromatic rings. The van der Waals surface area contributed by atoms with Crippen molar-refractivity contribution in [3.05, 3.63) is 0 Å². The number of alkyl halides is 2. The summed E-state index contributed by atoms with van der Waals surface area (Å²) in [5.41, 5.74) is 0. The van der Waals surface area contributed by atoms with Crippen LogP contribution in [0.1, 0.15) is 12.8 Å². The van der Waals surface area contributed by atoms with Crippen LogP contribution in [-0.4, -0.2) is 45.2 Å². The van der Waals surface area contributed by atoms with Crippen molar-refractivity contribution in [3.8, 4) is 0 Å². The topological polar surface area (TPSA) is 50.4 Å². The van der Waals surface area contributed by atoms with Crippen LogP contribution >= 0.6 is 0 Å². The molecule has 1 heterocycles. The van der Waals surface area contributed by atoms with Crippen molar-refractivity contribution >= 4 is 5.91 Å². The van der Waals surface area contributed by atoms with Crippen LogP contribution in [0.4, 0.5) is 8.78 Å². The Balaban J connectivity index is 1.93. The van der Waals surface area contributed by atoms with Gasteiger partial charge in [-0.3, -0.25) is 4.79 Å². The van der Waals surface area contributed by atoms with Crippen LogP contribution in [0.3, 0.4) is 0 Å². The number of nitrogens with one attached hydrogen (secondary N) is 2. The van der Waals surface area contributed by atoms with Gasteiger partial charge in [-0.25, -0.2) is 8.78 Å². The molecule has 1 atom stereocenters. The number of amides is 1. The van der Waals surface area contributed by atoms with Crippen LogP contribution in [0.25, 0.3) is 0 Å². The minimum absolute atomic E-state index is 0.0330. The molecule has 0 bridgehead atoms. The lowest BCUT2D eigenvalue weighted by atomic mass is 10.0.